The van der Waals surface area contributed by atoms with Gasteiger partial charge in [-0.15, -0.1) is 0 Å². The van der Waals surface area contributed by atoms with Gasteiger partial charge in [0.15, 0.2) is 0 Å². The summed E-state index contributed by atoms with van der Waals surface area (Å²) in [5, 5.41) is 8.45. The first kappa shape index (κ1) is 27.1. The van der Waals surface area contributed by atoms with Crippen LogP contribution in [0.2, 0.25) is 0 Å². The van der Waals surface area contributed by atoms with Crippen molar-refractivity contribution in [2.75, 3.05) is 0 Å². The van der Waals surface area contributed by atoms with Gasteiger partial charge in [-0.05, 0) is 26.2 Å². The smallest absolute Gasteiger partial charge is 0.748 e. The molecule has 0 rings (SSSR count). The van der Waals surface area contributed by atoms with E-state index in [1.807, 2.05) is 0 Å². The molecule has 0 amide bonds. The standard InChI is InChI=1S/C18H38O4S.Na/c1-3-4-5-6-7-8-9-10-11-15-18(23(20,21)22)16-13-12-14-17(2)19;/h17-19H,3-16H2,1-2H3,(H,20,21,22);/q;+1/p-1. The number of rotatable bonds is 16. The van der Waals surface area contributed by atoms with E-state index in [1.165, 1.54) is 38.5 Å². The first-order chi connectivity index (χ1) is 10.9. The van der Waals surface area contributed by atoms with Crippen LogP contribution in [0.1, 0.15) is 104 Å². The SMILES string of the molecule is CCCCCCCCCCCC(CCCCC(C)O)S(=O)(=O)[O-].[Na+]. The first-order valence-electron chi connectivity index (χ1n) is 9.50. The average molecular weight is 373 g/mol. The van der Waals surface area contributed by atoms with Crippen molar-refractivity contribution in [2.45, 2.75) is 115 Å². The van der Waals surface area contributed by atoms with Crippen molar-refractivity contribution in [1.82, 2.24) is 0 Å². The third-order valence-corrected chi connectivity index (χ3v) is 5.72. The summed E-state index contributed by atoms with van der Waals surface area (Å²) in [7, 11) is -4.19. The zero-order chi connectivity index (χ0) is 17.6. The van der Waals surface area contributed by atoms with Crippen LogP contribution in [-0.4, -0.2) is 29.4 Å². The quantitative estimate of drug-likeness (QED) is 0.254. The Balaban J connectivity index is 0. The molecule has 2 atom stereocenters. The van der Waals surface area contributed by atoms with Gasteiger partial charge in [-0.1, -0.05) is 77.6 Å². The molecule has 0 fully saturated rings. The molecule has 140 valence electrons. The maximum absolute atomic E-state index is 11.3. The van der Waals surface area contributed by atoms with Gasteiger partial charge in [-0.3, -0.25) is 0 Å². The minimum atomic E-state index is -4.19. The molecule has 0 saturated carbocycles. The largest absolute Gasteiger partial charge is 1.00 e. The van der Waals surface area contributed by atoms with Crippen LogP contribution in [0.4, 0.5) is 0 Å². The molecule has 0 aromatic heterocycles. The molecule has 0 heterocycles. The monoisotopic (exact) mass is 372 g/mol. The number of aliphatic hydroxyl groups is 1. The number of aliphatic hydroxyl groups excluding tert-OH is 1. The Labute approximate surface area is 172 Å². The average Bonchev–Trinajstić information content (AvgIpc) is 2.46. The van der Waals surface area contributed by atoms with E-state index in [1.54, 1.807) is 6.92 Å². The van der Waals surface area contributed by atoms with Crippen molar-refractivity contribution in [3.8, 4) is 0 Å². The third kappa shape index (κ3) is 17.7. The van der Waals surface area contributed by atoms with Gasteiger partial charge in [0.1, 0.15) is 0 Å². The van der Waals surface area contributed by atoms with E-state index in [4.69, 9.17) is 0 Å². The predicted octanol–water partition coefficient (Wildman–Crippen LogP) is 1.77. The van der Waals surface area contributed by atoms with Crippen molar-refractivity contribution in [3.05, 3.63) is 0 Å². The maximum Gasteiger partial charge on any atom is 1.00 e. The summed E-state index contributed by atoms with van der Waals surface area (Å²) >= 11 is 0. The van der Waals surface area contributed by atoms with Crippen LogP contribution in [0.15, 0.2) is 0 Å². The van der Waals surface area contributed by atoms with Crippen LogP contribution in [-0.2, 0) is 10.1 Å². The Morgan fingerprint density at radius 1 is 0.792 bits per heavy atom. The molecule has 24 heavy (non-hydrogen) atoms. The van der Waals surface area contributed by atoms with E-state index in [9.17, 15) is 18.1 Å². The molecule has 6 heteroatoms. The molecular weight excluding hydrogens is 335 g/mol. The van der Waals surface area contributed by atoms with E-state index in [-0.39, 0.29) is 35.7 Å². The number of hydrogen-bond acceptors (Lipinski definition) is 4. The molecule has 0 spiro atoms. The summed E-state index contributed by atoms with van der Waals surface area (Å²) in [6.45, 7) is 3.94. The Bertz CT molecular complexity index is 358. The first-order valence-corrected chi connectivity index (χ1v) is 11.0. The van der Waals surface area contributed by atoms with Gasteiger partial charge in [-0.2, -0.15) is 0 Å². The van der Waals surface area contributed by atoms with Crippen molar-refractivity contribution in [1.29, 1.82) is 0 Å². The number of unbranched alkanes of at least 4 members (excludes halogenated alkanes) is 9. The summed E-state index contributed by atoms with van der Waals surface area (Å²) < 4.78 is 34.0. The summed E-state index contributed by atoms with van der Waals surface area (Å²) in [6.07, 6.45) is 13.4. The molecule has 1 N–H and O–H groups in total. The summed E-state index contributed by atoms with van der Waals surface area (Å²) in [4.78, 5) is 0. The van der Waals surface area contributed by atoms with Crippen LogP contribution >= 0.6 is 0 Å². The van der Waals surface area contributed by atoms with Gasteiger partial charge in [0.2, 0.25) is 0 Å². The molecule has 0 aliphatic rings. The van der Waals surface area contributed by atoms with E-state index in [2.05, 4.69) is 6.92 Å². The van der Waals surface area contributed by atoms with Crippen molar-refractivity contribution in [2.24, 2.45) is 0 Å². The zero-order valence-electron chi connectivity index (χ0n) is 16.1. The summed E-state index contributed by atoms with van der Waals surface area (Å²) in [5.41, 5.74) is 0. The molecule has 0 saturated heterocycles. The van der Waals surface area contributed by atoms with Crippen LogP contribution in [0.3, 0.4) is 0 Å². The van der Waals surface area contributed by atoms with E-state index >= 15 is 0 Å². The Hall–Kier alpha value is 0.870. The van der Waals surface area contributed by atoms with Crippen LogP contribution < -0.4 is 29.6 Å². The number of hydrogen-bond donors (Lipinski definition) is 1. The van der Waals surface area contributed by atoms with Gasteiger partial charge in [-0.25, -0.2) is 8.42 Å². The Kier molecular flexibility index (Phi) is 19.5. The second-order valence-corrected chi connectivity index (χ2v) is 8.52. The fourth-order valence-electron chi connectivity index (χ4n) is 2.93. The molecule has 4 nitrogen and oxygen atoms in total. The second kappa shape index (κ2) is 17.3. The van der Waals surface area contributed by atoms with Crippen molar-refractivity contribution >= 4 is 10.1 Å². The molecule has 0 bridgehead atoms. The molecule has 0 aromatic carbocycles. The molecule has 0 aliphatic heterocycles. The van der Waals surface area contributed by atoms with E-state index < -0.39 is 15.4 Å². The molecular formula is C18H37NaO4S. The maximum atomic E-state index is 11.3. The van der Waals surface area contributed by atoms with Crippen LogP contribution in [0, 0.1) is 0 Å². The Morgan fingerprint density at radius 2 is 1.17 bits per heavy atom. The van der Waals surface area contributed by atoms with Gasteiger partial charge in [0, 0.05) is 5.25 Å². The van der Waals surface area contributed by atoms with Crippen molar-refractivity contribution in [3.63, 3.8) is 0 Å². The fourth-order valence-corrected chi connectivity index (χ4v) is 3.84. The van der Waals surface area contributed by atoms with E-state index in [0.29, 0.717) is 25.7 Å². The van der Waals surface area contributed by atoms with Gasteiger partial charge in [0.05, 0.1) is 16.2 Å². The molecule has 0 radical (unpaired) electrons. The van der Waals surface area contributed by atoms with Crippen LogP contribution in [0.5, 0.6) is 0 Å². The fraction of sp³-hybridized carbons (Fsp3) is 1.00. The minimum Gasteiger partial charge on any atom is -0.748 e. The van der Waals surface area contributed by atoms with Gasteiger partial charge < -0.3 is 9.66 Å². The topological polar surface area (TPSA) is 77.4 Å². The molecule has 2 unspecified atom stereocenters. The van der Waals surface area contributed by atoms with Gasteiger partial charge in [0.25, 0.3) is 0 Å². The van der Waals surface area contributed by atoms with Gasteiger partial charge >= 0.3 is 29.6 Å². The summed E-state index contributed by atoms with van der Waals surface area (Å²) in [6, 6.07) is 0. The minimum absolute atomic E-state index is 0. The predicted molar refractivity (Wildman–Crippen MR) is 95.5 cm³/mol. The normalized spacial score (nSPS) is 14.2. The summed E-state index contributed by atoms with van der Waals surface area (Å²) in [5.74, 6) is 0. The van der Waals surface area contributed by atoms with Crippen molar-refractivity contribution < 1.29 is 47.6 Å². The molecule has 0 aromatic rings. The zero-order valence-corrected chi connectivity index (χ0v) is 19.0. The van der Waals surface area contributed by atoms with E-state index in [0.717, 1.165) is 25.7 Å². The second-order valence-electron chi connectivity index (χ2n) is 6.87. The molecule has 0 aliphatic carbocycles. The van der Waals surface area contributed by atoms with Crippen LogP contribution in [0.25, 0.3) is 0 Å². The Morgan fingerprint density at radius 3 is 1.58 bits per heavy atom. The third-order valence-electron chi connectivity index (χ3n) is 4.44.